The first-order chi connectivity index (χ1) is 10.1. The molecule has 1 aromatic carbocycles. The van der Waals surface area contributed by atoms with Crippen molar-refractivity contribution in [2.45, 2.75) is 13.3 Å². The van der Waals surface area contributed by atoms with Gasteiger partial charge in [-0.2, -0.15) is 0 Å². The fourth-order valence-corrected chi connectivity index (χ4v) is 3.75. The molecule has 1 fully saturated rings. The van der Waals surface area contributed by atoms with Gasteiger partial charge in [0.15, 0.2) is 0 Å². The highest BCUT2D eigenvalue weighted by atomic mass is 32.1. The molecule has 1 aromatic heterocycles. The number of carbonyl (C=O) groups is 2. The van der Waals surface area contributed by atoms with E-state index in [4.69, 9.17) is 5.11 Å². The number of thiophene rings is 1. The second-order valence-electron chi connectivity index (χ2n) is 5.64. The first kappa shape index (κ1) is 14.1. The number of piperidine rings is 1. The first-order valence-corrected chi connectivity index (χ1v) is 7.93. The number of hydrogen-bond donors (Lipinski definition) is 1. The second-order valence-corrected chi connectivity index (χ2v) is 6.58. The van der Waals surface area contributed by atoms with E-state index < -0.39 is 5.97 Å². The number of benzene rings is 1. The highest BCUT2D eigenvalue weighted by Gasteiger charge is 2.33. The molecule has 21 heavy (non-hydrogen) atoms. The number of carboxylic acid groups (broad SMARTS) is 1. The molecule has 2 aromatic rings. The van der Waals surface area contributed by atoms with Crippen LogP contribution in [-0.4, -0.2) is 35.0 Å². The summed E-state index contributed by atoms with van der Waals surface area (Å²) in [5.74, 6) is -1.11. The van der Waals surface area contributed by atoms with Gasteiger partial charge in [0.05, 0.1) is 5.92 Å². The van der Waals surface area contributed by atoms with Crippen LogP contribution in [-0.2, 0) is 4.79 Å². The van der Waals surface area contributed by atoms with Crippen molar-refractivity contribution in [2.75, 3.05) is 13.1 Å². The summed E-state index contributed by atoms with van der Waals surface area (Å²) in [6.07, 6.45) is 0.531. The number of hydrogen-bond acceptors (Lipinski definition) is 3. The SMILES string of the molecule is C[C@@H]1CN(C(=O)c2ccc3sccc3c2)CC[C@@H]1C(=O)O. The average Bonchev–Trinajstić information content (AvgIpc) is 2.93. The van der Waals surface area contributed by atoms with E-state index in [-0.39, 0.29) is 17.7 Å². The van der Waals surface area contributed by atoms with Crippen molar-refractivity contribution in [1.29, 1.82) is 0 Å². The molecule has 1 aliphatic rings. The maximum absolute atomic E-state index is 12.6. The average molecular weight is 303 g/mol. The van der Waals surface area contributed by atoms with E-state index >= 15 is 0 Å². The summed E-state index contributed by atoms with van der Waals surface area (Å²) in [5, 5.41) is 12.2. The van der Waals surface area contributed by atoms with E-state index in [1.807, 2.05) is 36.6 Å². The molecule has 5 heteroatoms. The van der Waals surface area contributed by atoms with Gasteiger partial charge in [0, 0.05) is 23.4 Å². The van der Waals surface area contributed by atoms with E-state index in [9.17, 15) is 9.59 Å². The van der Waals surface area contributed by atoms with Gasteiger partial charge < -0.3 is 10.0 Å². The molecule has 0 radical (unpaired) electrons. The van der Waals surface area contributed by atoms with Gasteiger partial charge in [-0.25, -0.2) is 0 Å². The fourth-order valence-electron chi connectivity index (χ4n) is 2.98. The highest BCUT2D eigenvalue weighted by molar-refractivity contribution is 7.17. The van der Waals surface area contributed by atoms with Crippen molar-refractivity contribution >= 4 is 33.3 Å². The minimum atomic E-state index is -0.755. The fraction of sp³-hybridized carbons (Fsp3) is 0.375. The van der Waals surface area contributed by atoms with Gasteiger partial charge in [-0.05, 0) is 47.4 Å². The van der Waals surface area contributed by atoms with Gasteiger partial charge in [0.2, 0.25) is 0 Å². The van der Waals surface area contributed by atoms with E-state index in [1.165, 1.54) is 4.70 Å². The summed E-state index contributed by atoms with van der Waals surface area (Å²) in [6.45, 7) is 2.93. The molecule has 0 bridgehead atoms. The molecule has 0 unspecified atom stereocenters. The van der Waals surface area contributed by atoms with Gasteiger partial charge in [-0.15, -0.1) is 11.3 Å². The highest BCUT2D eigenvalue weighted by Crippen LogP contribution is 2.26. The molecule has 1 aliphatic heterocycles. The van der Waals surface area contributed by atoms with Crippen LogP contribution in [0.15, 0.2) is 29.6 Å². The Hall–Kier alpha value is -1.88. The maximum Gasteiger partial charge on any atom is 0.306 e. The quantitative estimate of drug-likeness (QED) is 0.927. The number of rotatable bonds is 2. The van der Waals surface area contributed by atoms with Crippen LogP contribution < -0.4 is 0 Å². The number of amides is 1. The molecule has 0 spiro atoms. The van der Waals surface area contributed by atoms with Crippen molar-refractivity contribution < 1.29 is 14.7 Å². The third kappa shape index (κ3) is 2.65. The van der Waals surface area contributed by atoms with Crippen LogP contribution in [0.3, 0.4) is 0 Å². The second kappa shape index (κ2) is 5.48. The third-order valence-corrected chi connectivity index (χ3v) is 5.11. The number of carbonyl (C=O) groups excluding carboxylic acids is 1. The topological polar surface area (TPSA) is 57.6 Å². The predicted molar refractivity (Wildman–Crippen MR) is 82.6 cm³/mol. The summed E-state index contributed by atoms with van der Waals surface area (Å²) < 4.78 is 1.17. The molecule has 2 atom stereocenters. The summed E-state index contributed by atoms with van der Waals surface area (Å²) in [5.41, 5.74) is 0.682. The summed E-state index contributed by atoms with van der Waals surface area (Å²) in [6, 6.07) is 7.76. The normalized spacial score (nSPS) is 22.4. The molecule has 110 valence electrons. The summed E-state index contributed by atoms with van der Waals surface area (Å²) >= 11 is 1.66. The maximum atomic E-state index is 12.6. The van der Waals surface area contributed by atoms with Crippen LogP contribution in [0.5, 0.6) is 0 Å². The Kier molecular flexibility index (Phi) is 3.68. The van der Waals surface area contributed by atoms with Crippen molar-refractivity contribution in [3.05, 3.63) is 35.2 Å². The zero-order valence-electron chi connectivity index (χ0n) is 11.8. The third-order valence-electron chi connectivity index (χ3n) is 4.21. The molecular formula is C16H17NO3S. The van der Waals surface area contributed by atoms with Crippen LogP contribution in [0.4, 0.5) is 0 Å². The van der Waals surface area contributed by atoms with E-state index in [2.05, 4.69) is 0 Å². The predicted octanol–water partition coefficient (Wildman–Crippen LogP) is 3.08. The van der Waals surface area contributed by atoms with Crippen LogP contribution in [0.1, 0.15) is 23.7 Å². The Morgan fingerprint density at radius 3 is 2.86 bits per heavy atom. The van der Waals surface area contributed by atoms with Crippen molar-refractivity contribution in [2.24, 2.45) is 11.8 Å². The van der Waals surface area contributed by atoms with Crippen LogP contribution >= 0.6 is 11.3 Å². The van der Waals surface area contributed by atoms with Gasteiger partial charge in [0.1, 0.15) is 0 Å². The lowest BCUT2D eigenvalue weighted by Gasteiger charge is -2.35. The summed E-state index contributed by atoms with van der Waals surface area (Å²) in [7, 11) is 0. The van der Waals surface area contributed by atoms with Crippen molar-refractivity contribution in [1.82, 2.24) is 4.90 Å². The van der Waals surface area contributed by atoms with E-state index in [0.29, 0.717) is 25.1 Å². The van der Waals surface area contributed by atoms with Gasteiger partial charge in [0.25, 0.3) is 5.91 Å². The van der Waals surface area contributed by atoms with Gasteiger partial charge in [-0.1, -0.05) is 6.92 Å². The zero-order chi connectivity index (χ0) is 15.0. The lowest BCUT2D eigenvalue weighted by atomic mass is 9.87. The standard InChI is InChI=1S/C16H17NO3S/c1-10-9-17(6-4-13(10)16(19)20)15(18)12-2-3-14-11(8-12)5-7-21-14/h2-3,5,7-8,10,13H,4,6,9H2,1H3,(H,19,20)/t10-,13+/m1/s1. The molecular weight excluding hydrogens is 286 g/mol. The molecule has 1 saturated heterocycles. The summed E-state index contributed by atoms with van der Waals surface area (Å²) in [4.78, 5) is 25.5. The lowest BCUT2D eigenvalue weighted by Crippen LogP contribution is -2.44. The smallest absolute Gasteiger partial charge is 0.306 e. The molecule has 1 amide bonds. The van der Waals surface area contributed by atoms with E-state index in [1.54, 1.807) is 16.2 Å². The Morgan fingerprint density at radius 2 is 2.14 bits per heavy atom. The Balaban J connectivity index is 1.78. The first-order valence-electron chi connectivity index (χ1n) is 7.05. The molecule has 1 N–H and O–H groups in total. The molecule has 0 saturated carbocycles. The van der Waals surface area contributed by atoms with E-state index in [0.717, 1.165) is 5.39 Å². The minimum Gasteiger partial charge on any atom is -0.481 e. The van der Waals surface area contributed by atoms with Crippen LogP contribution in [0.25, 0.3) is 10.1 Å². The Bertz CT molecular complexity index is 694. The lowest BCUT2D eigenvalue weighted by molar-refractivity contribution is -0.145. The molecule has 3 rings (SSSR count). The Labute approximate surface area is 127 Å². The van der Waals surface area contributed by atoms with Gasteiger partial charge >= 0.3 is 5.97 Å². The number of fused-ring (bicyclic) bond motifs is 1. The minimum absolute atomic E-state index is 0.00112. The number of carboxylic acids is 1. The van der Waals surface area contributed by atoms with Gasteiger partial charge in [-0.3, -0.25) is 9.59 Å². The largest absolute Gasteiger partial charge is 0.481 e. The molecule has 2 heterocycles. The van der Waals surface area contributed by atoms with Crippen molar-refractivity contribution in [3.8, 4) is 0 Å². The van der Waals surface area contributed by atoms with Crippen LogP contribution in [0, 0.1) is 11.8 Å². The number of nitrogens with zero attached hydrogens (tertiary/aromatic N) is 1. The monoisotopic (exact) mass is 303 g/mol. The number of likely N-dealkylation sites (tertiary alicyclic amines) is 1. The zero-order valence-corrected chi connectivity index (χ0v) is 12.6. The number of aliphatic carboxylic acids is 1. The van der Waals surface area contributed by atoms with Crippen LogP contribution in [0.2, 0.25) is 0 Å². The Morgan fingerprint density at radius 1 is 1.33 bits per heavy atom. The molecule has 4 nitrogen and oxygen atoms in total. The molecule has 0 aliphatic carbocycles. The van der Waals surface area contributed by atoms with Crippen molar-refractivity contribution in [3.63, 3.8) is 0 Å².